The molecule has 2 aromatic rings. The average Bonchev–Trinajstić information content (AvgIpc) is 2.44. The number of carbonyl (C=O) groups is 1. The third-order valence-electron chi connectivity index (χ3n) is 4.28. The second-order valence-electron chi connectivity index (χ2n) is 5.69. The van der Waals surface area contributed by atoms with Crippen LogP contribution in [0.5, 0.6) is 0 Å². The van der Waals surface area contributed by atoms with Gasteiger partial charge in [-0.1, -0.05) is 35.0 Å². The summed E-state index contributed by atoms with van der Waals surface area (Å²) in [6, 6.07) is 8.14. The van der Waals surface area contributed by atoms with Gasteiger partial charge in [0, 0.05) is 35.7 Å². The van der Waals surface area contributed by atoms with E-state index in [-0.39, 0.29) is 11.8 Å². The lowest BCUT2D eigenvalue weighted by Gasteiger charge is -2.41. The summed E-state index contributed by atoms with van der Waals surface area (Å²) in [7, 11) is 0. The fourth-order valence-corrected chi connectivity index (χ4v) is 3.27. The maximum atomic E-state index is 11.0. The summed E-state index contributed by atoms with van der Waals surface area (Å²) in [5, 5.41) is 10.1. The van der Waals surface area contributed by atoms with E-state index in [1.165, 1.54) is 5.56 Å². The molecule has 3 rings (SSSR count). The van der Waals surface area contributed by atoms with Gasteiger partial charge in [0.25, 0.3) is 0 Å². The van der Waals surface area contributed by atoms with Crippen molar-refractivity contribution < 1.29 is 9.90 Å². The Morgan fingerprint density at radius 3 is 2.95 bits per heavy atom. The molecule has 0 bridgehead atoms. The van der Waals surface area contributed by atoms with E-state index in [4.69, 9.17) is 5.11 Å². The average molecular weight is 349 g/mol. The van der Waals surface area contributed by atoms with Gasteiger partial charge < -0.3 is 5.11 Å². The summed E-state index contributed by atoms with van der Waals surface area (Å²) in [4.78, 5) is 17.7. The number of aromatic nitrogens is 1. The van der Waals surface area contributed by atoms with E-state index < -0.39 is 5.97 Å². The zero-order valence-corrected chi connectivity index (χ0v) is 13.4. The Labute approximate surface area is 131 Å². The number of benzene rings is 1. The molecule has 1 aromatic heterocycles. The van der Waals surface area contributed by atoms with Crippen LogP contribution in [-0.2, 0) is 11.3 Å². The highest BCUT2D eigenvalue weighted by atomic mass is 79.9. The Morgan fingerprint density at radius 1 is 1.48 bits per heavy atom. The van der Waals surface area contributed by atoms with Crippen molar-refractivity contribution in [2.45, 2.75) is 13.5 Å². The molecule has 0 spiro atoms. The predicted molar refractivity (Wildman–Crippen MR) is 85.0 cm³/mol. The normalized spacial score (nSPS) is 17.6. The highest BCUT2D eigenvalue weighted by molar-refractivity contribution is 9.10. The van der Waals surface area contributed by atoms with E-state index in [0.717, 1.165) is 35.0 Å². The van der Waals surface area contributed by atoms with Crippen molar-refractivity contribution in [3.63, 3.8) is 0 Å². The summed E-state index contributed by atoms with van der Waals surface area (Å²) in [5.41, 5.74) is 2.21. The van der Waals surface area contributed by atoms with Crippen LogP contribution >= 0.6 is 15.9 Å². The Bertz CT molecular complexity index is 683. The minimum Gasteiger partial charge on any atom is -0.481 e. The van der Waals surface area contributed by atoms with Gasteiger partial charge in [0.2, 0.25) is 0 Å². The number of rotatable bonds is 4. The quantitative estimate of drug-likeness (QED) is 0.921. The van der Waals surface area contributed by atoms with Gasteiger partial charge in [0.1, 0.15) is 0 Å². The molecular formula is C16H17BrN2O2. The number of carboxylic acids is 1. The van der Waals surface area contributed by atoms with Crippen LogP contribution in [0.25, 0.3) is 10.9 Å². The number of fused-ring (bicyclic) bond motifs is 1. The summed E-state index contributed by atoms with van der Waals surface area (Å²) in [5.74, 6) is -0.700. The largest absolute Gasteiger partial charge is 0.481 e. The second kappa shape index (κ2) is 5.73. The molecule has 1 N–H and O–H groups in total. The standard InChI is InChI=1S/C16H17BrN2O2/c1-10(16(20)21)12-8-19(9-12)7-11-4-5-14(17)13-3-2-6-18-15(11)13/h2-6,10,12H,7-9H2,1H3,(H,20,21). The fourth-order valence-electron chi connectivity index (χ4n) is 2.82. The zero-order valence-electron chi connectivity index (χ0n) is 11.8. The van der Waals surface area contributed by atoms with E-state index in [1.54, 1.807) is 6.92 Å². The Balaban J connectivity index is 1.73. The lowest BCUT2D eigenvalue weighted by Crippen LogP contribution is -2.50. The topological polar surface area (TPSA) is 53.4 Å². The zero-order chi connectivity index (χ0) is 15.0. The minimum atomic E-state index is -0.699. The van der Waals surface area contributed by atoms with Gasteiger partial charge in [-0.15, -0.1) is 0 Å². The first kappa shape index (κ1) is 14.5. The predicted octanol–water partition coefficient (Wildman–Crippen LogP) is 3.15. The Kier molecular flexibility index (Phi) is 3.95. The van der Waals surface area contributed by atoms with Crippen molar-refractivity contribution >= 4 is 32.8 Å². The minimum absolute atomic E-state index is 0.261. The molecular weight excluding hydrogens is 332 g/mol. The van der Waals surface area contributed by atoms with Crippen molar-refractivity contribution in [2.75, 3.05) is 13.1 Å². The smallest absolute Gasteiger partial charge is 0.306 e. The summed E-state index contributed by atoms with van der Waals surface area (Å²) in [6.45, 7) is 4.31. The van der Waals surface area contributed by atoms with E-state index >= 15 is 0 Å². The molecule has 2 heterocycles. The molecule has 0 radical (unpaired) electrons. The first-order valence-corrected chi connectivity index (χ1v) is 7.83. The molecule has 1 fully saturated rings. The van der Waals surface area contributed by atoms with Gasteiger partial charge in [-0.2, -0.15) is 0 Å². The number of hydrogen-bond donors (Lipinski definition) is 1. The molecule has 5 heteroatoms. The first-order valence-electron chi connectivity index (χ1n) is 7.03. The van der Waals surface area contributed by atoms with Crippen LogP contribution in [0.2, 0.25) is 0 Å². The monoisotopic (exact) mass is 348 g/mol. The molecule has 0 aliphatic carbocycles. The molecule has 1 aromatic carbocycles. The van der Waals surface area contributed by atoms with Crippen molar-refractivity contribution in [1.82, 2.24) is 9.88 Å². The second-order valence-corrected chi connectivity index (χ2v) is 6.54. The summed E-state index contributed by atoms with van der Waals surface area (Å²) < 4.78 is 1.05. The molecule has 21 heavy (non-hydrogen) atoms. The number of hydrogen-bond acceptors (Lipinski definition) is 3. The molecule has 0 amide bonds. The number of pyridine rings is 1. The van der Waals surface area contributed by atoms with E-state index in [2.05, 4.69) is 44.0 Å². The highest BCUT2D eigenvalue weighted by Gasteiger charge is 2.34. The number of carboxylic acid groups (broad SMARTS) is 1. The summed E-state index contributed by atoms with van der Waals surface area (Å²) in [6.07, 6.45) is 1.81. The van der Waals surface area contributed by atoms with E-state index in [1.807, 2.05) is 12.3 Å². The molecule has 1 unspecified atom stereocenters. The Morgan fingerprint density at radius 2 is 2.24 bits per heavy atom. The number of nitrogens with zero attached hydrogens (tertiary/aromatic N) is 2. The van der Waals surface area contributed by atoms with Crippen LogP contribution in [0.3, 0.4) is 0 Å². The van der Waals surface area contributed by atoms with Crippen molar-refractivity contribution in [3.05, 3.63) is 40.5 Å². The SMILES string of the molecule is CC(C(=O)O)C1CN(Cc2ccc(Br)c3cccnc23)C1. The maximum Gasteiger partial charge on any atom is 0.306 e. The van der Waals surface area contributed by atoms with E-state index in [0.29, 0.717) is 0 Å². The molecule has 1 atom stereocenters. The van der Waals surface area contributed by atoms with Crippen LogP contribution < -0.4 is 0 Å². The van der Waals surface area contributed by atoms with Crippen LogP contribution in [-0.4, -0.2) is 34.0 Å². The van der Waals surface area contributed by atoms with Crippen LogP contribution in [0.15, 0.2) is 34.9 Å². The molecule has 110 valence electrons. The highest BCUT2D eigenvalue weighted by Crippen LogP contribution is 2.29. The molecule has 1 aliphatic heterocycles. The number of likely N-dealkylation sites (tertiary alicyclic amines) is 1. The van der Waals surface area contributed by atoms with Crippen molar-refractivity contribution in [3.8, 4) is 0 Å². The van der Waals surface area contributed by atoms with Crippen LogP contribution in [0.4, 0.5) is 0 Å². The molecule has 4 nitrogen and oxygen atoms in total. The molecule has 0 saturated carbocycles. The lowest BCUT2D eigenvalue weighted by atomic mass is 9.87. The van der Waals surface area contributed by atoms with Crippen molar-refractivity contribution in [2.24, 2.45) is 11.8 Å². The van der Waals surface area contributed by atoms with Gasteiger partial charge in [0.05, 0.1) is 11.4 Å². The van der Waals surface area contributed by atoms with Crippen LogP contribution in [0, 0.1) is 11.8 Å². The lowest BCUT2D eigenvalue weighted by molar-refractivity contribution is -0.145. The Hall–Kier alpha value is -1.46. The molecule has 1 aliphatic rings. The third-order valence-corrected chi connectivity index (χ3v) is 4.97. The number of halogens is 1. The maximum absolute atomic E-state index is 11.0. The first-order chi connectivity index (χ1) is 10.1. The van der Waals surface area contributed by atoms with Gasteiger partial charge in [-0.25, -0.2) is 0 Å². The van der Waals surface area contributed by atoms with Gasteiger partial charge in [-0.3, -0.25) is 14.7 Å². The van der Waals surface area contributed by atoms with Crippen molar-refractivity contribution in [1.29, 1.82) is 0 Å². The fraction of sp³-hybridized carbons (Fsp3) is 0.375. The molecule has 1 saturated heterocycles. The van der Waals surface area contributed by atoms with E-state index in [9.17, 15) is 4.79 Å². The number of aliphatic carboxylic acids is 1. The van der Waals surface area contributed by atoms with Crippen LogP contribution in [0.1, 0.15) is 12.5 Å². The van der Waals surface area contributed by atoms with Gasteiger partial charge in [0.15, 0.2) is 0 Å². The third kappa shape index (κ3) is 2.80. The van der Waals surface area contributed by atoms with Gasteiger partial charge in [-0.05, 0) is 23.6 Å². The van der Waals surface area contributed by atoms with Gasteiger partial charge >= 0.3 is 5.97 Å². The summed E-state index contributed by atoms with van der Waals surface area (Å²) >= 11 is 3.55.